The smallest absolute Gasteiger partial charge is 0.348 e. The Morgan fingerprint density at radius 1 is 1.29 bits per heavy atom. The van der Waals surface area contributed by atoms with Gasteiger partial charge in [0.1, 0.15) is 21.3 Å². The number of carbonyl (C=O) groups excluding carboxylic acids is 1. The molecule has 4 rings (SSSR count). The molecule has 0 unspecified atom stereocenters. The van der Waals surface area contributed by atoms with Crippen molar-refractivity contribution in [3.8, 4) is 0 Å². The molecule has 0 bridgehead atoms. The molecule has 1 saturated heterocycles. The van der Waals surface area contributed by atoms with Crippen molar-refractivity contribution in [2.45, 2.75) is 39.5 Å². The van der Waals surface area contributed by atoms with E-state index in [9.17, 15) is 4.79 Å². The Morgan fingerprint density at radius 3 is 2.68 bits per heavy atom. The third-order valence-electron chi connectivity index (χ3n) is 5.33. The summed E-state index contributed by atoms with van der Waals surface area (Å²) >= 11 is 1.40. The lowest BCUT2D eigenvalue weighted by molar-refractivity contribution is 0.0531. The van der Waals surface area contributed by atoms with Gasteiger partial charge in [-0.05, 0) is 50.7 Å². The molecule has 0 N–H and O–H groups in total. The van der Waals surface area contributed by atoms with E-state index in [2.05, 4.69) is 21.2 Å². The molecule has 0 saturated carbocycles. The van der Waals surface area contributed by atoms with Crippen LogP contribution in [0.25, 0.3) is 10.2 Å². The van der Waals surface area contributed by atoms with Crippen molar-refractivity contribution in [1.29, 1.82) is 0 Å². The van der Waals surface area contributed by atoms with Crippen molar-refractivity contribution >= 4 is 33.3 Å². The number of hydrogen-bond donors (Lipinski definition) is 0. The molecule has 7 nitrogen and oxygen atoms in total. The summed E-state index contributed by atoms with van der Waals surface area (Å²) in [6, 6.07) is 0. The molecule has 3 aromatic rings. The number of ether oxygens (including phenoxy) is 1. The van der Waals surface area contributed by atoms with Crippen LogP contribution in [0.1, 0.15) is 52.3 Å². The Balaban J connectivity index is 1.64. The number of carbonyl (C=O) groups is 1. The van der Waals surface area contributed by atoms with E-state index in [1.165, 1.54) is 16.9 Å². The first kappa shape index (κ1) is 18.9. The molecule has 1 fully saturated rings. The molecule has 1 aliphatic rings. The number of esters is 1. The summed E-state index contributed by atoms with van der Waals surface area (Å²) in [7, 11) is 1.96. The molecule has 28 heavy (non-hydrogen) atoms. The number of nitrogens with zero attached hydrogens (tertiary/aromatic N) is 5. The van der Waals surface area contributed by atoms with E-state index in [0.29, 0.717) is 17.4 Å². The van der Waals surface area contributed by atoms with Crippen LogP contribution in [-0.4, -0.2) is 45.4 Å². The minimum Gasteiger partial charge on any atom is -0.462 e. The fourth-order valence-corrected chi connectivity index (χ4v) is 5.03. The van der Waals surface area contributed by atoms with Gasteiger partial charge >= 0.3 is 5.97 Å². The highest BCUT2D eigenvalue weighted by Crippen LogP contribution is 2.38. The predicted molar refractivity (Wildman–Crippen MR) is 110 cm³/mol. The Hall–Kier alpha value is -2.48. The van der Waals surface area contributed by atoms with Crippen molar-refractivity contribution in [3.63, 3.8) is 0 Å². The summed E-state index contributed by atoms with van der Waals surface area (Å²) < 4.78 is 7.09. The highest BCUT2D eigenvalue weighted by Gasteiger charge is 2.27. The molecule has 0 aromatic carbocycles. The van der Waals surface area contributed by atoms with E-state index in [1.54, 1.807) is 0 Å². The largest absolute Gasteiger partial charge is 0.462 e. The van der Waals surface area contributed by atoms with Gasteiger partial charge in [0.2, 0.25) is 0 Å². The van der Waals surface area contributed by atoms with Crippen LogP contribution >= 0.6 is 11.3 Å². The predicted octanol–water partition coefficient (Wildman–Crippen LogP) is 3.60. The summed E-state index contributed by atoms with van der Waals surface area (Å²) in [6.07, 6.45) is 6.21. The van der Waals surface area contributed by atoms with Gasteiger partial charge in [0.05, 0.1) is 18.2 Å². The fourth-order valence-electron chi connectivity index (χ4n) is 3.92. The lowest BCUT2D eigenvalue weighted by Gasteiger charge is -2.33. The van der Waals surface area contributed by atoms with E-state index in [0.717, 1.165) is 53.4 Å². The number of aryl methyl sites for hydroxylation is 3. The standard InChI is InChI=1S/C20H25N5O2S/c1-5-27-20(26)17-12(2)16-18(22-13(3)23-19(16)28-17)25-8-6-14(7-9-25)15-10-21-24(4)11-15/h10-11,14H,5-9H2,1-4H3. The minimum absolute atomic E-state index is 0.276. The van der Waals surface area contributed by atoms with E-state index >= 15 is 0 Å². The zero-order valence-corrected chi connectivity index (χ0v) is 17.5. The molecule has 8 heteroatoms. The summed E-state index contributed by atoms with van der Waals surface area (Å²) in [5, 5.41) is 5.29. The molecular weight excluding hydrogens is 374 g/mol. The molecule has 3 aromatic heterocycles. The first-order valence-corrected chi connectivity index (χ1v) is 10.5. The molecule has 4 heterocycles. The van der Waals surface area contributed by atoms with E-state index in [1.807, 2.05) is 38.7 Å². The zero-order valence-electron chi connectivity index (χ0n) is 16.7. The number of anilines is 1. The van der Waals surface area contributed by atoms with Gasteiger partial charge in [-0.15, -0.1) is 11.3 Å². The molecule has 148 valence electrons. The van der Waals surface area contributed by atoms with Crippen LogP contribution in [0.4, 0.5) is 5.82 Å². The number of hydrogen-bond acceptors (Lipinski definition) is 7. The van der Waals surface area contributed by atoms with Crippen LogP contribution in [-0.2, 0) is 11.8 Å². The monoisotopic (exact) mass is 399 g/mol. The van der Waals surface area contributed by atoms with Crippen LogP contribution in [0.3, 0.4) is 0 Å². The Kier molecular flexibility index (Phi) is 5.05. The Labute approximate surface area is 168 Å². The zero-order chi connectivity index (χ0) is 19.8. The summed E-state index contributed by atoms with van der Waals surface area (Å²) in [5.74, 6) is 1.92. The number of thiophene rings is 1. The third-order valence-corrected chi connectivity index (χ3v) is 6.50. The summed E-state index contributed by atoms with van der Waals surface area (Å²) in [6.45, 7) is 7.92. The number of piperidine rings is 1. The minimum atomic E-state index is -0.276. The maximum absolute atomic E-state index is 12.3. The molecule has 0 atom stereocenters. The quantitative estimate of drug-likeness (QED) is 0.624. The highest BCUT2D eigenvalue weighted by molar-refractivity contribution is 7.20. The normalized spacial score (nSPS) is 15.4. The van der Waals surface area contributed by atoms with Gasteiger partial charge in [-0.3, -0.25) is 4.68 Å². The second-order valence-corrected chi connectivity index (χ2v) is 8.26. The van der Waals surface area contributed by atoms with Crippen LogP contribution in [0.5, 0.6) is 0 Å². The molecule has 0 spiro atoms. The lowest BCUT2D eigenvalue weighted by Crippen LogP contribution is -2.33. The van der Waals surface area contributed by atoms with Crippen LogP contribution in [0.15, 0.2) is 12.4 Å². The van der Waals surface area contributed by atoms with E-state index in [4.69, 9.17) is 9.72 Å². The molecular formula is C20H25N5O2S. The van der Waals surface area contributed by atoms with Crippen LogP contribution < -0.4 is 4.90 Å². The molecule has 0 aliphatic carbocycles. The van der Waals surface area contributed by atoms with Gasteiger partial charge in [-0.2, -0.15) is 5.10 Å². The van der Waals surface area contributed by atoms with Gasteiger partial charge in [0, 0.05) is 26.3 Å². The lowest BCUT2D eigenvalue weighted by atomic mass is 9.91. The Bertz CT molecular complexity index is 1020. The SMILES string of the molecule is CCOC(=O)c1sc2nc(C)nc(N3CCC(c4cnn(C)c4)CC3)c2c1C. The highest BCUT2D eigenvalue weighted by atomic mass is 32.1. The van der Waals surface area contributed by atoms with Crippen molar-refractivity contribution in [2.75, 3.05) is 24.6 Å². The van der Waals surface area contributed by atoms with Crippen molar-refractivity contribution in [1.82, 2.24) is 19.7 Å². The average Bonchev–Trinajstić information content (AvgIpc) is 3.25. The summed E-state index contributed by atoms with van der Waals surface area (Å²) in [5.41, 5.74) is 2.23. The molecule has 1 aliphatic heterocycles. The Morgan fingerprint density at radius 2 is 2.04 bits per heavy atom. The maximum Gasteiger partial charge on any atom is 0.348 e. The first-order valence-electron chi connectivity index (χ1n) is 9.66. The van der Waals surface area contributed by atoms with E-state index < -0.39 is 0 Å². The van der Waals surface area contributed by atoms with Crippen molar-refractivity contribution in [2.24, 2.45) is 7.05 Å². The first-order chi connectivity index (χ1) is 13.5. The van der Waals surface area contributed by atoms with Crippen LogP contribution in [0.2, 0.25) is 0 Å². The second-order valence-electron chi connectivity index (χ2n) is 7.26. The van der Waals surface area contributed by atoms with Gasteiger partial charge < -0.3 is 9.64 Å². The fraction of sp³-hybridized carbons (Fsp3) is 0.500. The number of fused-ring (bicyclic) bond motifs is 1. The van der Waals surface area contributed by atoms with Crippen LogP contribution in [0, 0.1) is 13.8 Å². The average molecular weight is 400 g/mol. The van der Waals surface area contributed by atoms with Gasteiger partial charge in [0.15, 0.2) is 0 Å². The summed E-state index contributed by atoms with van der Waals surface area (Å²) in [4.78, 5) is 25.5. The number of rotatable bonds is 4. The van der Waals surface area contributed by atoms with Crippen molar-refractivity contribution in [3.05, 3.63) is 34.2 Å². The molecule has 0 radical (unpaired) electrons. The topological polar surface area (TPSA) is 73.1 Å². The van der Waals surface area contributed by atoms with Gasteiger partial charge in [-0.1, -0.05) is 0 Å². The maximum atomic E-state index is 12.3. The second kappa shape index (κ2) is 7.50. The molecule has 0 amide bonds. The van der Waals surface area contributed by atoms with E-state index in [-0.39, 0.29) is 5.97 Å². The number of aromatic nitrogens is 4. The van der Waals surface area contributed by atoms with Gasteiger partial charge in [0.25, 0.3) is 0 Å². The third kappa shape index (κ3) is 3.37. The van der Waals surface area contributed by atoms with Crippen molar-refractivity contribution < 1.29 is 9.53 Å². The van der Waals surface area contributed by atoms with Gasteiger partial charge in [-0.25, -0.2) is 14.8 Å².